The van der Waals surface area contributed by atoms with Crippen LogP contribution < -0.4 is 5.32 Å². The molecule has 0 aliphatic rings. The summed E-state index contributed by atoms with van der Waals surface area (Å²) in [5, 5.41) is 13.7. The Balaban J connectivity index is 2.24. The molecule has 2 rings (SSSR count). The van der Waals surface area contributed by atoms with Crippen molar-refractivity contribution in [3.63, 3.8) is 0 Å². The first-order valence-electron chi connectivity index (χ1n) is 7.29. The number of nitrogens with zero attached hydrogens (tertiary/aromatic N) is 1. The zero-order valence-electron chi connectivity index (χ0n) is 13.3. The fourth-order valence-corrected chi connectivity index (χ4v) is 2.69. The Bertz CT molecular complexity index is 809. The summed E-state index contributed by atoms with van der Waals surface area (Å²) >= 11 is 3.27. The molecule has 8 heteroatoms. The molecule has 0 bridgehead atoms. The molecule has 1 amide bonds. The Morgan fingerprint density at radius 3 is 2.60 bits per heavy atom. The lowest BCUT2D eigenvalue weighted by molar-refractivity contribution is -0.385. The van der Waals surface area contributed by atoms with Gasteiger partial charge in [-0.05, 0) is 18.2 Å². The maximum Gasteiger partial charge on any atom is 0.328 e. The normalized spacial score (nSPS) is 11.4. The van der Waals surface area contributed by atoms with Crippen LogP contribution in [-0.4, -0.2) is 30.0 Å². The molecule has 0 aromatic heterocycles. The molecule has 0 saturated heterocycles. The fraction of sp³-hybridized carbons (Fsp3) is 0.176. The number of benzene rings is 2. The predicted molar refractivity (Wildman–Crippen MR) is 94.2 cm³/mol. The second kappa shape index (κ2) is 8.39. The van der Waals surface area contributed by atoms with Crippen molar-refractivity contribution in [2.24, 2.45) is 0 Å². The summed E-state index contributed by atoms with van der Waals surface area (Å²) in [4.78, 5) is 35.0. The molecule has 2 aromatic rings. The maximum absolute atomic E-state index is 12.4. The van der Waals surface area contributed by atoms with E-state index in [1.807, 2.05) is 0 Å². The molecule has 0 unspecified atom stereocenters. The van der Waals surface area contributed by atoms with E-state index in [0.29, 0.717) is 15.6 Å². The highest BCUT2D eigenvalue weighted by Gasteiger charge is 2.26. The number of nitrogens with one attached hydrogen (secondary N) is 1. The van der Waals surface area contributed by atoms with Crippen LogP contribution in [0.3, 0.4) is 0 Å². The van der Waals surface area contributed by atoms with Gasteiger partial charge in [0.1, 0.15) is 6.04 Å². The Labute approximate surface area is 152 Å². The molecule has 25 heavy (non-hydrogen) atoms. The number of carbonyl (C=O) groups excluding carboxylic acids is 2. The molecule has 1 atom stereocenters. The van der Waals surface area contributed by atoms with Gasteiger partial charge in [-0.15, -0.1) is 0 Å². The van der Waals surface area contributed by atoms with Gasteiger partial charge in [0.25, 0.3) is 11.6 Å². The van der Waals surface area contributed by atoms with E-state index in [1.165, 1.54) is 19.2 Å². The highest BCUT2D eigenvalue weighted by Crippen LogP contribution is 2.20. The second-order valence-corrected chi connectivity index (χ2v) is 6.07. The van der Waals surface area contributed by atoms with E-state index in [4.69, 9.17) is 4.74 Å². The largest absolute Gasteiger partial charge is 0.467 e. The van der Waals surface area contributed by atoms with Crippen molar-refractivity contribution in [2.45, 2.75) is 12.5 Å². The molecule has 0 radical (unpaired) electrons. The summed E-state index contributed by atoms with van der Waals surface area (Å²) in [6.45, 7) is 0. The highest BCUT2D eigenvalue weighted by molar-refractivity contribution is 9.10. The van der Waals surface area contributed by atoms with Gasteiger partial charge in [0.05, 0.1) is 12.0 Å². The number of hydrogen-bond acceptors (Lipinski definition) is 5. The minimum Gasteiger partial charge on any atom is -0.467 e. The standard InChI is InChI=1S/C17H15BrN2O5/c1-25-17(22)14(10-11-5-2-3-8-15(11)20(23)24)19-16(21)12-6-4-7-13(18)9-12/h2-9,14H,10H2,1H3,(H,19,21)/t14-/m0/s1. The van der Waals surface area contributed by atoms with Crippen LogP contribution in [0.15, 0.2) is 53.0 Å². The molecule has 0 aliphatic carbocycles. The van der Waals surface area contributed by atoms with Gasteiger partial charge in [0.2, 0.25) is 0 Å². The van der Waals surface area contributed by atoms with Crippen LogP contribution in [0.5, 0.6) is 0 Å². The number of esters is 1. The lowest BCUT2D eigenvalue weighted by atomic mass is 10.0. The Morgan fingerprint density at radius 1 is 1.24 bits per heavy atom. The van der Waals surface area contributed by atoms with Crippen LogP contribution in [0, 0.1) is 10.1 Å². The molecule has 0 heterocycles. The number of methoxy groups -OCH3 is 1. The number of para-hydroxylation sites is 1. The smallest absolute Gasteiger partial charge is 0.328 e. The van der Waals surface area contributed by atoms with Crippen LogP contribution in [0.2, 0.25) is 0 Å². The number of ether oxygens (including phenoxy) is 1. The molecule has 130 valence electrons. The van der Waals surface area contributed by atoms with Crippen LogP contribution in [0.4, 0.5) is 5.69 Å². The lowest BCUT2D eigenvalue weighted by Gasteiger charge is -2.17. The summed E-state index contributed by atoms with van der Waals surface area (Å²) in [5.41, 5.74) is 0.566. The average molecular weight is 407 g/mol. The molecule has 0 spiro atoms. The van der Waals surface area contributed by atoms with Crippen molar-refractivity contribution < 1.29 is 19.2 Å². The van der Waals surface area contributed by atoms with Crippen LogP contribution in [0.25, 0.3) is 0 Å². The van der Waals surface area contributed by atoms with E-state index in [1.54, 1.807) is 36.4 Å². The topological polar surface area (TPSA) is 98.5 Å². The van der Waals surface area contributed by atoms with Crippen LogP contribution >= 0.6 is 15.9 Å². The Kier molecular flexibility index (Phi) is 6.24. The zero-order valence-corrected chi connectivity index (χ0v) is 14.9. The summed E-state index contributed by atoms with van der Waals surface area (Å²) in [6.07, 6.45) is -0.0520. The van der Waals surface area contributed by atoms with Gasteiger partial charge in [-0.25, -0.2) is 4.79 Å². The van der Waals surface area contributed by atoms with E-state index in [9.17, 15) is 19.7 Å². The van der Waals surface area contributed by atoms with Crippen molar-refractivity contribution in [1.82, 2.24) is 5.32 Å². The van der Waals surface area contributed by atoms with Gasteiger partial charge < -0.3 is 10.1 Å². The van der Waals surface area contributed by atoms with E-state index in [2.05, 4.69) is 21.2 Å². The van der Waals surface area contributed by atoms with Crippen molar-refractivity contribution in [1.29, 1.82) is 0 Å². The molecule has 7 nitrogen and oxygen atoms in total. The third-order valence-electron chi connectivity index (χ3n) is 3.49. The van der Waals surface area contributed by atoms with E-state index < -0.39 is 22.8 Å². The minimum atomic E-state index is -1.04. The molecule has 1 N–H and O–H groups in total. The van der Waals surface area contributed by atoms with Gasteiger partial charge in [-0.2, -0.15) is 0 Å². The van der Waals surface area contributed by atoms with E-state index in [-0.39, 0.29) is 12.1 Å². The first-order chi connectivity index (χ1) is 11.9. The fourth-order valence-electron chi connectivity index (χ4n) is 2.29. The number of nitro benzene ring substituents is 1. The quantitative estimate of drug-likeness (QED) is 0.451. The summed E-state index contributed by atoms with van der Waals surface area (Å²) in [6, 6.07) is 11.7. The molecule has 2 aromatic carbocycles. The zero-order chi connectivity index (χ0) is 18.4. The third kappa shape index (κ3) is 4.87. The predicted octanol–water partition coefficient (Wildman–Crippen LogP) is 2.87. The number of amides is 1. The van der Waals surface area contributed by atoms with Crippen LogP contribution in [0.1, 0.15) is 15.9 Å². The monoisotopic (exact) mass is 406 g/mol. The summed E-state index contributed by atoms with van der Waals surface area (Å²) < 4.78 is 5.43. The summed E-state index contributed by atoms with van der Waals surface area (Å²) in [7, 11) is 1.19. The number of rotatable bonds is 6. The highest BCUT2D eigenvalue weighted by atomic mass is 79.9. The second-order valence-electron chi connectivity index (χ2n) is 5.15. The van der Waals surface area contributed by atoms with Gasteiger partial charge in [0.15, 0.2) is 0 Å². The van der Waals surface area contributed by atoms with E-state index >= 15 is 0 Å². The number of carbonyl (C=O) groups is 2. The first kappa shape index (κ1) is 18.6. The summed E-state index contributed by atoms with van der Waals surface area (Å²) in [5.74, 6) is -1.16. The molecular formula is C17H15BrN2O5. The number of halogens is 1. The molecule has 0 aliphatic heterocycles. The van der Waals surface area contributed by atoms with Crippen molar-refractivity contribution >= 4 is 33.5 Å². The lowest BCUT2D eigenvalue weighted by Crippen LogP contribution is -2.43. The SMILES string of the molecule is COC(=O)[C@H](Cc1ccccc1[N+](=O)[O-])NC(=O)c1cccc(Br)c1. The third-order valence-corrected chi connectivity index (χ3v) is 3.98. The molecular weight excluding hydrogens is 392 g/mol. The van der Waals surface area contributed by atoms with Gasteiger partial charge >= 0.3 is 5.97 Å². The van der Waals surface area contributed by atoms with Gasteiger partial charge in [-0.1, -0.05) is 40.2 Å². The van der Waals surface area contributed by atoms with Crippen molar-refractivity contribution in [3.05, 3.63) is 74.2 Å². The Morgan fingerprint density at radius 2 is 1.96 bits per heavy atom. The number of nitro groups is 1. The first-order valence-corrected chi connectivity index (χ1v) is 8.08. The van der Waals surface area contributed by atoms with Gasteiger partial charge in [0, 0.05) is 28.1 Å². The van der Waals surface area contributed by atoms with Crippen LogP contribution in [-0.2, 0) is 16.0 Å². The molecule has 0 fully saturated rings. The van der Waals surface area contributed by atoms with Gasteiger partial charge in [-0.3, -0.25) is 14.9 Å². The van der Waals surface area contributed by atoms with E-state index in [0.717, 1.165) is 0 Å². The minimum absolute atomic E-state index is 0.0520. The average Bonchev–Trinajstić information content (AvgIpc) is 2.60. The number of hydrogen-bond donors (Lipinski definition) is 1. The Hall–Kier alpha value is -2.74. The van der Waals surface area contributed by atoms with Crippen molar-refractivity contribution in [2.75, 3.05) is 7.11 Å². The van der Waals surface area contributed by atoms with Crippen molar-refractivity contribution in [3.8, 4) is 0 Å². The molecule has 0 saturated carbocycles. The maximum atomic E-state index is 12.4.